The van der Waals surface area contributed by atoms with Crippen molar-refractivity contribution in [2.75, 3.05) is 80.2 Å². The Balaban J connectivity index is 0.645. The number of benzene rings is 2. The van der Waals surface area contributed by atoms with Gasteiger partial charge in [-0.25, -0.2) is 29.9 Å². The van der Waals surface area contributed by atoms with Gasteiger partial charge in [-0.05, 0) is 87.7 Å². The first kappa shape index (κ1) is 45.4. The smallest absolute Gasteiger partial charge is 0.263 e. The largest absolute Gasteiger partial charge is 0.381 e. The van der Waals surface area contributed by atoms with Crippen molar-refractivity contribution < 1.29 is 18.4 Å². The number of anilines is 6. The van der Waals surface area contributed by atoms with Crippen LogP contribution in [0.25, 0.3) is 42.0 Å². The van der Waals surface area contributed by atoms with E-state index in [0.29, 0.717) is 76.8 Å². The molecule has 12 rings (SSSR count). The monoisotopic (exact) mass is 995 g/mol. The molecule has 8 aromatic rings. The molecule has 17 nitrogen and oxygen atoms in total. The Kier molecular flexibility index (Phi) is 12.0. The zero-order valence-corrected chi connectivity index (χ0v) is 40.7. The van der Waals surface area contributed by atoms with Gasteiger partial charge in [0.2, 0.25) is 11.9 Å². The molecule has 0 saturated carbocycles. The molecule has 71 heavy (non-hydrogen) atoms. The van der Waals surface area contributed by atoms with Crippen LogP contribution in [0, 0.1) is 17.8 Å². The summed E-state index contributed by atoms with van der Waals surface area (Å²) in [5, 5.41) is 23.2. The number of pyridine rings is 2. The van der Waals surface area contributed by atoms with Gasteiger partial charge in [-0.15, -0.1) is 22.7 Å². The second kappa shape index (κ2) is 18.8. The molecule has 10 heterocycles. The van der Waals surface area contributed by atoms with Gasteiger partial charge < -0.3 is 36.8 Å². The Bertz CT molecular complexity index is 3400. The van der Waals surface area contributed by atoms with E-state index >= 15 is 4.39 Å². The summed E-state index contributed by atoms with van der Waals surface area (Å²) in [4.78, 5) is 61.6. The Hall–Kier alpha value is -6.78. The summed E-state index contributed by atoms with van der Waals surface area (Å²) in [5.41, 5.74) is 3.16. The number of piperazine rings is 1. The van der Waals surface area contributed by atoms with Gasteiger partial charge in [-0.1, -0.05) is 0 Å². The van der Waals surface area contributed by atoms with E-state index in [0.717, 1.165) is 112 Å². The van der Waals surface area contributed by atoms with Gasteiger partial charge in [0.15, 0.2) is 0 Å². The quantitative estimate of drug-likeness (QED) is 0.0731. The maximum atomic E-state index is 15.0. The molecule has 1 unspecified atom stereocenters. The predicted molar refractivity (Wildman–Crippen MR) is 275 cm³/mol. The summed E-state index contributed by atoms with van der Waals surface area (Å²) in [7, 11) is 0. The number of hydrogen-bond acceptors (Lipinski definition) is 17. The summed E-state index contributed by atoms with van der Waals surface area (Å²) in [5.74, 6) is 1.60. The number of aromatic nitrogens is 6. The van der Waals surface area contributed by atoms with E-state index in [2.05, 4.69) is 61.6 Å². The lowest BCUT2D eigenvalue weighted by atomic mass is 9.97. The van der Waals surface area contributed by atoms with Crippen molar-refractivity contribution in [3.63, 3.8) is 0 Å². The minimum atomic E-state index is -0.613. The van der Waals surface area contributed by atoms with Gasteiger partial charge in [0, 0.05) is 108 Å². The standard InChI is InChI=1S/C50H51F2N15O2S2/c1-26-20-53-45-43-29-5-11-37(57-31(29)7-9-33(43)70-47(45)49(68)55-26)61-39-18-35(51)59-41(63-39)24-66-16-14-65(15-17-66)22-28-4-3-13-67(23-28)25-42-60-36(52)19-40(64-42)62-38-12-6-30-32(58-38)8-10-34-44(30)46-48(71-34)50(69)56-27(2)21-54-46/h5-12,18-19,26-28,53-54H,3-4,13-17,20-25H2,1-2H3,(H,55,68)(H,56,69)(H,57,59,61,63)(H,58,60,62,64)/t26-,27-,28?/m0/s1. The fourth-order valence-electron chi connectivity index (χ4n) is 10.4. The topological polar surface area (TPSA) is 193 Å². The third-order valence-corrected chi connectivity index (χ3v) is 16.0. The summed E-state index contributed by atoms with van der Waals surface area (Å²) in [6, 6.07) is 18.1. The minimum absolute atomic E-state index is 0.0116. The van der Waals surface area contributed by atoms with E-state index in [9.17, 15) is 14.0 Å². The van der Waals surface area contributed by atoms with Gasteiger partial charge >= 0.3 is 0 Å². The van der Waals surface area contributed by atoms with Gasteiger partial charge in [-0.3, -0.25) is 19.4 Å². The number of thiophene rings is 2. The minimum Gasteiger partial charge on any atom is -0.381 e. The molecule has 4 aliphatic rings. The van der Waals surface area contributed by atoms with Gasteiger partial charge in [0.1, 0.15) is 44.7 Å². The van der Waals surface area contributed by atoms with Gasteiger partial charge in [-0.2, -0.15) is 8.78 Å². The molecule has 4 aliphatic heterocycles. The second-order valence-electron chi connectivity index (χ2n) is 19.1. The zero-order valence-electron chi connectivity index (χ0n) is 39.1. The molecular weight excluding hydrogens is 945 g/mol. The molecule has 0 aliphatic carbocycles. The molecule has 0 radical (unpaired) electrons. The van der Waals surface area contributed by atoms with E-state index in [-0.39, 0.29) is 23.9 Å². The number of carbonyl (C=O) groups excluding carboxylic acids is 2. The average molecular weight is 996 g/mol. The molecule has 3 atom stereocenters. The highest BCUT2D eigenvalue weighted by Gasteiger charge is 2.29. The first-order valence-electron chi connectivity index (χ1n) is 24.1. The third-order valence-electron chi connectivity index (χ3n) is 13.7. The molecule has 2 aromatic carbocycles. The predicted octanol–water partition coefficient (Wildman–Crippen LogP) is 7.68. The molecule has 2 saturated heterocycles. The van der Waals surface area contributed by atoms with Crippen LogP contribution in [0.3, 0.4) is 0 Å². The van der Waals surface area contributed by atoms with Crippen molar-refractivity contribution in [2.45, 2.75) is 51.9 Å². The molecule has 0 spiro atoms. The molecule has 21 heteroatoms. The van der Waals surface area contributed by atoms with Crippen LogP contribution in [-0.2, 0) is 13.1 Å². The third kappa shape index (κ3) is 9.35. The lowest BCUT2D eigenvalue weighted by Gasteiger charge is -2.39. The summed E-state index contributed by atoms with van der Waals surface area (Å²) < 4.78 is 32.0. The highest BCUT2D eigenvalue weighted by molar-refractivity contribution is 7.22. The molecular formula is C50H51F2N15O2S2. The van der Waals surface area contributed by atoms with Crippen LogP contribution >= 0.6 is 22.7 Å². The summed E-state index contributed by atoms with van der Waals surface area (Å²) >= 11 is 2.93. The molecule has 364 valence electrons. The van der Waals surface area contributed by atoms with Crippen molar-refractivity contribution in [1.82, 2.24) is 55.2 Å². The van der Waals surface area contributed by atoms with Crippen molar-refractivity contribution in [1.29, 1.82) is 0 Å². The number of halogens is 2. The first-order valence-corrected chi connectivity index (χ1v) is 25.7. The van der Waals surface area contributed by atoms with E-state index in [1.54, 1.807) is 0 Å². The lowest BCUT2D eigenvalue weighted by Crippen LogP contribution is -2.49. The fourth-order valence-corrected chi connectivity index (χ4v) is 12.6. The maximum Gasteiger partial charge on any atom is 0.263 e. The molecule has 2 fully saturated rings. The first-order chi connectivity index (χ1) is 34.5. The van der Waals surface area contributed by atoms with Crippen LogP contribution < -0.4 is 31.9 Å². The normalized spacial score (nSPS) is 20.2. The fraction of sp³-hybridized carbons (Fsp3) is 0.360. The molecule has 6 N–H and O–H groups in total. The Morgan fingerprint density at radius 3 is 1.65 bits per heavy atom. The zero-order chi connectivity index (χ0) is 48.3. The van der Waals surface area contributed by atoms with Crippen LogP contribution in [0.15, 0.2) is 60.7 Å². The van der Waals surface area contributed by atoms with E-state index in [1.807, 2.05) is 62.4 Å². The van der Waals surface area contributed by atoms with Crippen LogP contribution in [0.5, 0.6) is 0 Å². The van der Waals surface area contributed by atoms with Crippen molar-refractivity contribution in [3.8, 4) is 0 Å². The Morgan fingerprint density at radius 2 is 1.11 bits per heavy atom. The number of amides is 2. The second-order valence-corrected chi connectivity index (χ2v) is 21.2. The van der Waals surface area contributed by atoms with Crippen molar-refractivity contribution in [3.05, 3.63) is 94.0 Å². The Labute approximate surface area is 414 Å². The van der Waals surface area contributed by atoms with Crippen LogP contribution in [-0.4, -0.2) is 127 Å². The highest BCUT2D eigenvalue weighted by Crippen LogP contribution is 2.43. The highest BCUT2D eigenvalue weighted by atomic mass is 32.1. The van der Waals surface area contributed by atoms with Crippen LogP contribution in [0.1, 0.15) is 57.7 Å². The van der Waals surface area contributed by atoms with Crippen molar-refractivity contribution >= 4 is 111 Å². The number of hydrogen-bond donors (Lipinski definition) is 6. The van der Waals surface area contributed by atoms with Crippen LogP contribution in [0.4, 0.5) is 43.4 Å². The number of nitrogens with zero attached hydrogens (tertiary/aromatic N) is 9. The Morgan fingerprint density at radius 1 is 0.606 bits per heavy atom. The average Bonchev–Trinajstić information content (AvgIpc) is 3.84. The number of piperidine rings is 1. The number of nitrogens with one attached hydrogen (secondary N) is 6. The van der Waals surface area contributed by atoms with E-state index in [4.69, 9.17) is 15.0 Å². The molecule has 2 amide bonds. The SMILES string of the molecule is C[C@H]1CNc2c(sc3ccc4nc(Nc5cc(F)nc(CN6CCN(CC7CCCN(Cc8nc(F)cc(Nc9ccc%10c(ccc%11sc%12c(c%11%10)NC[C@H](C)NC%12=O)n9)n8)C7)CC6)n5)ccc4c23)C(=O)N1. The maximum absolute atomic E-state index is 15.0. The summed E-state index contributed by atoms with van der Waals surface area (Å²) in [6.07, 6.45) is 2.14. The van der Waals surface area contributed by atoms with Crippen LogP contribution in [0.2, 0.25) is 0 Å². The molecule has 0 bridgehead atoms. The van der Waals surface area contributed by atoms with Gasteiger partial charge in [0.05, 0.1) is 35.5 Å². The van der Waals surface area contributed by atoms with E-state index < -0.39 is 11.9 Å². The van der Waals surface area contributed by atoms with Gasteiger partial charge in [0.25, 0.3) is 11.8 Å². The van der Waals surface area contributed by atoms with Crippen molar-refractivity contribution in [2.24, 2.45) is 5.92 Å². The number of rotatable bonds is 10. The number of likely N-dealkylation sites (tertiary alicyclic amines) is 1. The lowest BCUT2D eigenvalue weighted by molar-refractivity contribution is 0.0830. The number of carbonyl (C=O) groups is 2. The van der Waals surface area contributed by atoms with E-state index in [1.165, 1.54) is 34.8 Å². The summed E-state index contributed by atoms with van der Waals surface area (Å²) in [6.45, 7) is 12.1. The molecule has 6 aromatic heterocycles. The number of fused-ring (bicyclic) bond motifs is 10.